The average Bonchev–Trinajstić information content (AvgIpc) is 3.34. The highest BCUT2D eigenvalue weighted by Gasteiger charge is 2.35. The van der Waals surface area contributed by atoms with Crippen molar-refractivity contribution < 1.29 is 4.42 Å². The molecule has 5 aromatic carbocycles. The summed E-state index contributed by atoms with van der Waals surface area (Å²) in [6.07, 6.45) is 0. The van der Waals surface area contributed by atoms with Crippen molar-refractivity contribution >= 4 is 44.1 Å². The van der Waals surface area contributed by atoms with Crippen LogP contribution in [0.5, 0.6) is 0 Å². The molecular weight excluding hydrogens is 402 g/mol. The summed E-state index contributed by atoms with van der Waals surface area (Å²) in [7, 11) is 0. The number of furan rings is 1. The van der Waals surface area contributed by atoms with E-state index in [0.717, 1.165) is 38.7 Å². The maximum Gasteiger partial charge on any atom is 0.145 e. The van der Waals surface area contributed by atoms with E-state index in [2.05, 4.69) is 104 Å². The van der Waals surface area contributed by atoms with Gasteiger partial charge < -0.3 is 9.73 Å². The first kappa shape index (κ1) is 18.5. The minimum atomic E-state index is -0.0232. The fraction of sp³-hybridized carbons (Fsp3) is 0.0968. The zero-order chi connectivity index (χ0) is 22.2. The van der Waals surface area contributed by atoms with Gasteiger partial charge in [0.25, 0.3) is 0 Å². The van der Waals surface area contributed by atoms with Gasteiger partial charge in [-0.1, -0.05) is 86.6 Å². The summed E-state index contributed by atoms with van der Waals surface area (Å²) in [5.41, 5.74) is 9.43. The monoisotopic (exact) mass is 425 g/mol. The summed E-state index contributed by atoms with van der Waals surface area (Å²) < 4.78 is 6.35. The van der Waals surface area contributed by atoms with Gasteiger partial charge >= 0.3 is 0 Å². The summed E-state index contributed by atoms with van der Waals surface area (Å²) in [6, 6.07) is 34.5. The highest BCUT2D eigenvalue weighted by molar-refractivity contribution is 6.21. The highest BCUT2D eigenvalue weighted by Crippen LogP contribution is 2.49. The van der Waals surface area contributed by atoms with Crippen LogP contribution in [0.15, 0.2) is 101 Å². The van der Waals surface area contributed by atoms with Gasteiger partial charge in [0.05, 0.1) is 11.1 Å². The van der Waals surface area contributed by atoms with Gasteiger partial charge in [-0.25, -0.2) is 0 Å². The van der Waals surface area contributed by atoms with Gasteiger partial charge in [-0.05, 0) is 51.9 Å². The molecule has 7 rings (SSSR count). The third kappa shape index (κ3) is 2.55. The van der Waals surface area contributed by atoms with Gasteiger partial charge in [-0.3, -0.25) is 0 Å². The Balaban J connectivity index is 1.44. The zero-order valence-corrected chi connectivity index (χ0v) is 18.6. The van der Waals surface area contributed by atoms with Crippen molar-refractivity contribution in [1.82, 2.24) is 0 Å². The van der Waals surface area contributed by atoms with Crippen molar-refractivity contribution in [2.75, 3.05) is 5.32 Å². The first-order valence-electron chi connectivity index (χ1n) is 11.5. The van der Waals surface area contributed by atoms with E-state index in [1.54, 1.807) is 0 Å². The molecule has 1 aliphatic carbocycles. The molecule has 0 aliphatic heterocycles. The van der Waals surface area contributed by atoms with Gasteiger partial charge in [-0.15, -0.1) is 0 Å². The van der Waals surface area contributed by atoms with Crippen molar-refractivity contribution in [3.63, 3.8) is 0 Å². The predicted molar refractivity (Wildman–Crippen MR) is 139 cm³/mol. The van der Waals surface area contributed by atoms with E-state index in [9.17, 15) is 0 Å². The molecule has 0 saturated carbocycles. The summed E-state index contributed by atoms with van der Waals surface area (Å²) in [5.74, 6) is 0. The van der Waals surface area contributed by atoms with Gasteiger partial charge in [0.2, 0.25) is 0 Å². The second-order valence-corrected chi connectivity index (χ2v) is 9.50. The SMILES string of the molecule is CC1(C)c2ccccc2-c2ccc(Nc3cc4ccccc4c4oc5ccccc5c34)cc21. The molecule has 33 heavy (non-hydrogen) atoms. The maximum absolute atomic E-state index is 6.35. The Morgan fingerprint density at radius 1 is 0.667 bits per heavy atom. The molecule has 158 valence electrons. The molecule has 1 N–H and O–H groups in total. The lowest BCUT2D eigenvalue weighted by molar-refractivity contribution is 0.660. The third-order valence-corrected chi connectivity index (χ3v) is 7.23. The fourth-order valence-corrected chi connectivity index (χ4v) is 5.60. The van der Waals surface area contributed by atoms with Gasteiger partial charge in [0.1, 0.15) is 11.2 Å². The Labute approximate surface area is 192 Å². The Morgan fingerprint density at radius 2 is 1.39 bits per heavy atom. The minimum absolute atomic E-state index is 0.0232. The number of rotatable bonds is 2. The quantitative estimate of drug-likeness (QED) is 0.300. The zero-order valence-electron chi connectivity index (χ0n) is 18.6. The number of hydrogen-bond donors (Lipinski definition) is 1. The molecule has 0 radical (unpaired) electrons. The lowest BCUT2D eigenvalue weighted by Gasteiger charge is -2.22. The molecule has 1 aromatic heterocycles. The van der Waals surface area contributed by atoms with Crippen LogP contribution in [-0.4, -0.2) is 0 Å². The molecule has 0 fully saturated rings. The van der Waals surface area contributed by atoms with Crippen molar-refractivity contribution in [3.8, 4) is 11.1 Å². The summed E-state index contributed by atoms with van der Waals surface area (Å²) in [6.45, 7) is 4.64. The lowest BCUT2D eigenvalue weighted by atomic mass is 9.82. The van der Waals surface area contributed by atoms with Crippen LogP contribution in [0, 0.1) is 0 Å². The van der Waals surface area contributed by atoms with Crippen LogP contribution >= 0.6 is 0 Å². The molecule has 2 heteroatoms. The van der Waals surface area contributed by atoms with Crippen molar-refractivity contribution in [1.29, 1.82) is 0 Å². The van der Waals surface area contributed by atoms with E-state index >= 15 is 0 Å². The lowest BCUT2D eigenvalue weighted by Crippen LogP contribution is -2.15. The molecule has 0 spiro atoms. The number of anilines is 2. The van der Waals surface area contributed by atoms with Crippen molar-refractivity contribution in [2.45, 2.75) is 19.3 Å². The number of fused-ring (bicyclic) bond motifs is 8. The van der Waals surface area contributed by atoms with Gasteiger partial charge in [0.15, 0.2) is 0 Å². The average molecular weight is 426 g/mol. The van der Waals surface area contributed by atoms with E-state index in [4.69, 9.17) is 4.42 Å². The maximum atomic E-state index is 6.35. The standard InChI is InChI=1S/C31H23NO/c1-31(2)25-13-7-5-11-22(25)23-16-15-20(18-26(23)31)32-27-17-19-9-3-4-10-21(19)30-29(27)24-12-6-8-14-28(24)33-30/h3-18,32H,1-2H3. The smallest absolute Gasteiger partial charge is 0.145 e. The Kier molecular flexibility index (Phi) is 3.64. The molecule has 1 heterocycles. The van der Waals surface area contributed by atoms with Crippen molar-refractivity contribution in [2.24, 2.45) is 0 Å². The predicted octanol–water partition coefficient (Wildman–Crippen LogP) is 8.79. The largest absolute Gasteiger partial charge is 0.455 e. The Hall–Kier alpha value is -4.04. The summed E-state index contributed by atoms with van der Waals surface area (Å²) >= 11 is 0. The van der Waals surface area contributed by atoms with Crippen LogP contribution in [0.3, 0.4) is 0 Å². The molecule has 0 bridgehead atoms. The summed E-state index contributed by atoms with van der Waals surface area (Å²) in [4.78, 5) is 0. The molecule has 2 nitrogen and oxygen atoms in total. The van der Waals surface area contributed by atoms with Crippen LogP contribution in [-0.2, 0) is 5.41 Å². The number of hydrogen-bond acceptors (Lipinski definition) is 2. The molecule has 0 atom stereocenters. The second-order valence-electron chi connectivity index (χ2n) is 9.50. The Bertz CT molecular complexity index is 1720. The van der Waals surface area contributed by atoms with E-state index in [1.807, 2.05) is 12.1 Å². The third-order valence-electron chi connectivity index (χ3n) is 7.23. The fourth-order valence-electron chi connectivity index (χ4n) is 5.60. The van der Waals surface area contributed by atoms with E-state index in [1.165, 1.54) is 27.6 Å². The van der Waals surface area contributed by atoms with Crippen LogP contribution in [0.4, 0.5) is 11.4 Å². The number of benzene rings is 5. The molecule has 0 unspecified atom stereocenters. The molecule has 0 amide bonds. The first-order valence-corrected chi connectivity index (χ1v) is 11.5. The number of para-hydroxylation sites is 1. The number of nitrogens with one attached hydrogen (secondary N) is 1. The second kappa shape index (κ2) is 6.49. The molecule has 1 aliphatic rings. The van der Waals surface area contributed by atoms with Crippen LogP contribution in [0.2, 0.25) is 0 Å². The van der Waals surface area contributed by atoms with Crippen LogP contribution in [0.1, 0.15) is 25.0 Å². The molecular formula is C31H23NO. The molecule has 6 aromatic rings. The minimum Gasteiger partial charge on any atom is -0.455 e. The van der Waals surface area contributed by atoms with E-state index in [-0.39, 0.29) is 5.41 Å². The van der Waals surface area contributed by atoms with Gasteiger partial charge in [0, 0.05) is 21.9 Å². The van der Waals surface area contributed by atoms with E-state index in [0.29, 0.717) is 0 Å². The van der Waals surface area contributed by atoms with Crippen LogP contribution < -0.4 is 5.32 Å². The topological polar surface area (TPSA) is 25.2 Å². The van der Waals surface area contributed by atoms with E-state index < -0.39 is 0 Å². The first-order chi connectivity index (χ1) is 16.1. The molecule has 0 saturated heterocycles. The van der Waals surface area contributed by atoms with Gasteiger partial charge in [-0.2, -0.15) is 0 Å². The van der Waals surface area contributed by atoms with Crippen molar-refractivity contribution in [3.05, 3.63) is 108 Å². The summed E-state index contributed by atoms with van der Waals surface area (Å²) in [5, 5.41) is 8.32. The normalized spacial score (nSPS) is 14.0. The van der Waals surface area contributed by atoms with Crippen LogP contribution in [0.25, 0.3) is 43.8 Å². The Morgan fingerprint density at radius 3 is 2.30 bits per heavy atom. The highest BCUT2D eigenvalue weighted by atomic mass is 16.3.